The molecule has 12 heteroatoms. The van der Waals surface area contributed by atoms with E-state index in [9.17, 15) is 21.6 Å². The molecule has 3 heterocycles. The van der Waals surface area contributed by atoms with E-state index in [1.165, 1.54) is 38.5 Å². The molecule has 1 saturated heterocycles. The third kappa shape index (κ3) is 4.30. The summed E-state index contributed by atoms with van der Waals surface area (Å²) in [5.74, 6) is 0.114. The van der Waals surface area contributed by atoms with Crippen LogP contribution in [-0.2, 0) is 16.2 Å². The smallest absolute Gasteiger partial charge is 0.360 e. The molecule has 1 fully saturated rings. The first-order chi connectivity index (χ1) is 15.1. The third-order valence-electron chi connectivity index (χ3n) is 5.41. The van der Waals surface area contributed by atoms with Crippen molar-refractivity contribution in [2.75, 3.05) is 32.5 Å². The maximum Gasteiger partial charge on any atom is 0.419 e. The van der Waals surface area contributed by atoms with Gasteiger partial charge in [0.2, 0.25) is 16.0 Å². The van der Waals surface area contributed by atoms with E-state index in [0.29, 0.717) is 17.4 Å². The van der Waals surface area contributed by atoms with Crippen LogP contribution in [0.5, 0.6) is 0 Å². The van der Waals surface area contributed by atoms with Gasteiger partial charge in [0.25, 0.3) is 0 Å². The molecule has 32 heavy (non-hydrogen) atoms. The van der Waals surface area contributed by atoms with E-state index in [0.717, 1.165) is 29.9 Å². The molecule has 0 amide bonds. The van der Waals surface area contributed by atoms with E-state index in [1.54, 1.807) is 0 Å². The van der Waals surface area contributed by atoms with Crippen LogP contribution in [0.4, 0.5) is 19.1 Å². The van der Waals surface area contributed by atoms with E-state index in [-0.39, 0.29) is 28.1 Å². The minimum Gasteiger partial charge on any atom is -0.360 e. The average Bonchev–Trinajstić information content (AvgIpc) is 3.16. The Labute approximate surface area is 183 Å². The van der Waals surface area contributed by atoms with Gasteiger partial charge in [0, 0.05) is 55.5 Å². The van der Waals surface area contributed by atoms with Crippen LogP contribution in [0.15, 0.2) is 35.5 Å². The van der Waals surface area contributed by atoms with Crippen LogP contribution in [0, 0.1) is 0 Å². The van der Waals surface area contributed by atoms with Gasteiger partial charge < -0.3 is 15.6 Å². The molecule has 0 aliphatic carbocycles. The van der Waals surface area contributed by atoms with Gasteiger partial charge in [-0.2, -0.15) is 13.2 Å². The summed E-state index contributed by atoms with van der Waals surface area (Å²) in [5.41, 5.74) is -0.627. The third-order valence-corrected chi connectivity index (χ3v) is 7.22. The van der Waals surface area contributed by atoms with E-state index >= 15 is 0 Å². The highest BCUT2D eigenvalue weighted by Crippen LogP contribution is 2.39. The van der Waals surface area contributed by atoms with Crippen LogP contribution in [-0.4, -0.2) is 60.9 Å². The van der Waals surface area contributed by atoms with Crippen molar-refractivity contribution in [1.29, 1.82) is 0 Å². The number of halogens is 3. The molecule has 3 N–H and O–H groups in total. The van der Waals surface area contributed by atoms with E-state index in [2.05, 4.69) is 25.6 Å². The second-order valence-electron chi connectivity index (χ2n) is 7.84. The zero-order valence-electron chi connectivity index (χ0n) is 17.5. The Morgan fingerprint density at radius 3 is 2.69 bits per heavy atom. The Bertz CT molecular complexity index is 1230. The summed E-state index contributed by atoms with van der Waals surface area (Å²) in [7, 11) is -0.868. The van der Waals surface area contributed by atoms with Gasteiger partial charge in [-0.15, -0.1) is 0 Å². The quantitative estimate of drug-likeness (QED) is 0.532. The Balaban J connectivity index is 1.79. The fourth-order valence-electron chi connectivity index (χ4n) is 3.69. The van der Waals surface area contributed by atoms with Crippen LogP contribution < -0.4 is 10.6 Å². The number of fused-ring (bicyclic) bond motifs is 1. The molecule has 1 atom stereocenters. The Morgan fingerprint density at radius 1 is 1.25 bits per heavy atom. The van der Waals surface area contributed by atoms with Gasteiger partial charge in [0.15, 0.2) is 0 Å². The van der Waals surface area contributed by atoms with Gasteiger partial charge in [0.05, 0.1) is 10.6 Å². The first-order valence-electron chi connectivity index (χ1n) is 10.0. The number of nitrogens with one attached hydrogen (secondary N) is 3. The number of piperidine rings is 1. The van der Waals surface area contributed by atoms with Gasteiger partial charge in [-0.1, -0.05) is 6.07 Å². The molecular weight excluding hydrogens is 445 g/mol. The van der Waals surface area contributed by atoms with E-state index < -0.39 is 21.8 Å². The van der Waals surface area contributed by atoms with Crippen LogP contribution in [0.25, 0.3) is 22.2 Å². The topological polar surface area (TPSA) is 103 Å². The molecule has 3 aromatic rings. The number of hydrogen-bond donors (Lipinski definition) is 3. The number of nitrogens with zero attached hydrogens (tertiary/aromatic N) is 3. The molecule has 8 nitrogen and oxygen atoms in total. The highest BCUT2D eigenvalue weighted by Gasteiger charge is 2.36. The molecule has 172 valence electrons. The number of hydrogen-bond acceptors (Lipinski definition) is 6. The maximum absolute atomic E-state index is 13.7. The van der Waals surface area contributed by atoms with Crippen molar-refractivity contribution in [3.63, 3.8) is 0 Å². The van der Waals surface area contributed by atoms with Crippen molar-refractivity contribution >= 4 is 26.9 Å². The number of sulfonamides is 1. The molecule has 0 spiro atoms. The number of H-pyrrole nitrogens is 1. The van der Waals surface area contributed by atoms with Crippen LogP contribution in [0.3, 0.4) is 0 Å². The Morgan fingerprint density at radius 2 is 2.03 bits per heavy atom. The van der Waals surface area contributed by atoms with Gasteiger partial charge in [0.1, 0.15) is 5.56 Å². The average molecular weight is 469 g/mol. The fraction of sp³-hybridized carbons (Fsp3) is 0.400. The number of aromatic amines is 1. The van der Waals surface area contributed by atoms with Crippen molar-refractivity contribution in [2.24, 2.45) is 0 Å². The number of aromatic nitrogens is 3. The van der Waals surface area contributed by atoms with E-state index in [4.69, 9.17) is 0 Å². The molecule has 1 aliphatic heterocycles. The fourth-order valence-corrected chi connectivity index (χ4v) is 4.62. The predicted molar refractivity (Wildman–Crippen MR) is 115 cm³/mol. The standard InChI is InChI=1S/C20H23F3N6O2S/c1-29(2)32(30,31)13-5-6-14-15(10-25-17(14)8-13)18-16(20(21,22)23)11-26-19(28-18)27-12-4-3-7-24-9-12/h5-6,8,10-12,24-25H,3-4,7,9H2,1-2H3,(H,26,27,28)/t12-/m0/s1. The Kier molecular flexibility index (Phi) is 5.86. The summed E-state index contributed by atoms with van der Waals surface area (Å²) in [6, 6.07) is 4.28. The lowest BCUT2D eigenvalue weighted by atomic mass is 10.1. The minimum absolute atomic E-state index is 0.0232. The first-order valence-corrected chi connectivity index (χ1v) is 11.5. The largest absolute Gasteiger partial charge is 0.419 e. The molecule has 0 saturated carbocycles. The summed E-state index contributed by atoms with van der Waals surface area (Å²) in [5, 5.41) is 6.76. The molecule has 4 rings (SSSR count). The normalized spacial score (nSPS) is 17.8. The highest BCUT2D eigenvalue weighted by atomic mass is 32.2. The number of anilines is 1. The summed E-state index contributed by atoms with van der Waals surface area (Å²) in [6.07, 6.45) is -0.655. The lowest BCUT2D eigenvalue weighted by Crippen LogP contribution is -2.38. The predicted octanol–water partition coefficient (Wildman–Crippen LogP) is 3.06. The summed E-state index contributed by atoms with van der Waals surface area (Å²) < 4.78 is 67.1. The molecule has 1 aromatic carbocycles. The first kappa shape index (κ1) is 22.5. The molecule has 2 aromatic heterocycles. The van der Waals surface area contributed by atoms with E-state index in [1.807, 2.05) is 0 Å². The second-order valence-corrected chi connectivity index (χ2v) is 9.99. The molecule has 0 unspecified atom stereocenters. The molecule has 1 aliphatic rings. The maximum atomic E-state index is 13.7. The van der Waals surface area contributed by atoms with Gasteiger partial charge in [-0.05, 0) is 31.5 Å². The van der Waals surface area contributed by atoms with Crippen LogP contribution >= 0.6 is 0 Å². The number of alkyl halides is 3. The minimum atomic E-state index is -4.65. The van der Waals surface area contributed by atoms with Crippen molar-refractivity contribution in [1.82, 2.24) is 24.6 Å². The van der Waals surface area contributed by atoms with Crippen molar-refractivity contribution in [3.05, 3.63) is 36.2 Å². The highest BCUT2D eigenvalue weighted by molar-refractivity contribution is 7.89. The van der Waals surface area contributed by atoms with Gasteiger partial charge in [-0.3, -0.25) is 0 Å². The second kappa shape index (κ2) is 8.34. The van der Waals surface area contributed by atoms with Gasteiger partial charge in [-0.25, -0.2) is 22.7 Å². The van der Waals surface area contributed by atoms with Crippen LogP contribution in [0.2, 0.25) is 0 Å². The lowest BCUT2D eigenvalue weighted by Gasteiger charge is -2.24. The molecular formula is C20H23F3N6O2S. The number of rotatable bonds is 5. The zero-order chi connectivity index (χ0) is 23.1. The molecule has 0 radical (unpaired) electrons. The monoisotopic (exact) mass is 468 g/mol. The van der Waals surface area contributed by atoms with Crippen molar-refractivity contribution in [2.45, 2.75) is 30.0 Å². The number of benzene rings is 1. The van der Waals surface area contributed by atoms with Crippen molar-refractivity contribution < 1.29 is 21.6 Å². The van der Waals surface area contributed by atoms with Crippen molar-refractivity contribution in [3.8, 4) is 11.3 Å². The summed E-state index contributed by atoms with van der Waals surface area (Å²) in [4.78, 5) is 11.0. The summed E-state index contributed by atoms with van der Waals surface area (Å²) in [6.45, 7) is 1.58. The lowest BCUT2D eigenvalue weighted by molar-refractivity contribution is -0.137. The zero-order valence-corrected chi connectivity index (χ0v) is 18.3. The molecule has 0 bridgehead atoms. The Hall–Kier alpha value is -2.70. The van der Waals surface area contributed by atoms with Gasteiger partial charge >= 0.3 is 6.18 Å². The SMILES string of the molecule is CN(C)S(=O)(=O)c1ccc2c(-c3nc(N[C@H]4CCCNC4)ncc3C(F)(F)F)c[nH]c2c1. The van der Waals surface area contributed by atoms with Crippen LogP contribution in [0.1, 0.15) is 18.4 Å². The summed E-state index contributed by atoms with van der Waals surface area (Å²) >= 11 is 0.